The maximum absolute atomic E-state index is 9.15. The fraction of sp³-hybridized carbons (Fsp3) is 0.364. The normalized spacial score (nSPS) is 15.7. The van der Waals surface area contributed by atoms with E-state index < -0.39 is 0 Å². The zero-order valence-corrected chi connectivity index (χ0v) is 17.5. The first-order valence-corrected chi connectivity index (χ1v) is 9.91. The molecule has 0 spiro atoms. The zero-order valence-electron chi connectivity index (χ0n) is 16.7. The van der Waals surface area contributed by atoms with Crippen LogP contribution in [0.1, 0.15) is 18.5 Å². The van der Waals surface area contributed by atoms with E-state index in [0.717, 1.165) is 55.4 Å². The lowest BCUT2D eigenvalue weighted by Gasteiger charge is -2.34. The summed E-state index contributed by atoms with van der Waals surface area (Å²) in [6.07, 6.45) is 0. The molecule has 29 heavy (non-hydrogen) atoms. The van der Waals surface area contributed by atoms with E-state index in [-0.39, 0.29) is 25.1 Å². The lowest BCUT2D eigenvalue weighted by Crippen LogP contribution is -2.47. The Labute approximate surface area is 178 Å². The Balaban J connectivity index is 0.00000240. The number of hydrogen-bond donors (Lipinski definition) is 2. The van der Waals surface area contributed by atoms with Crippen LogP contribution in [-0.2, 0) is 0 Å². The first-order valence-electron chi connectivity index (χ1n) is 9.91. The summed E-state index contributed by atoms with van der Waals surface area (Å²) >= 11 is 0. The van der Waals surface area contributed by atoms with E-state index in [1.54, 1.807) is 0 Å². The number of para-hydroxylation sites is 1. The second-order valence-electron chi connectivity index (χ2n) is 7.22. The van der Waals surface area contributed by atoms with Gasteiger partial charge in [0, 0.05) is 44.2 Å². The molecule has 1 aliphatic rings. The third kappa shape index (κ3) is 4.96. The minimum absolute atomic E-state index is 0. The molecule has 0 amide bonds. The number of aromatic nitrogens is 2. The quantitative estimate of drug-likeness (QED) is 0.646. The molecule has 154 valence electrons. The van der Waals surface area contributed by atoms with Crippen molar-refractivity contribution in [2.75, 3.05) is 49.5 Å². The van der Waals surface area contributed by atoms with Crippen LogP contribution in [0.4, 0.5) is 11.8 Å². The molecule has 2 heterocycles. The molecule has 6 nitrogen and oxygen atoms in total. The largest absolute Gasteiger partial charge is 0.395 e. The number of halogens is 1. The highest BCUT2D eigenvalue weighted by Gasteiger charge is 2.20. The summed E-state index contributed by atoms with van der Waals surface area (Å²) in [6.45, 7) is 6.66. The third-order valence-electron chi connectivity index (χ3n) is 5.32. The standard InChI is InChI=1S/C22H27N5O.ClH/c1-17(18-7-3-2-4-8-18)23-21-19-9-5-6-10-20(19)24-22(25-21)27-13-11-26(12-14-27)15-16-28;/h2-10,17,28H,11-16H2,1H3,(H,23,24,25);1H. The van der Waals surface area contributed by atoms with Gasteiger partial charge in [0.1, 0.15) is 5.82 Å². The van der Waals surface area contributed by atoms with Crippen LogP contribution in [0.25, 0.3) is 10.9 Å². The van der Waals surface area contributed by atoms with Gasteiger partial charge >= 0.3 is 0 Å². The van der Waals surface area contributed by atoms with Crippen molar-refractivity contribution in [1.29, 1.82) is 0 Å². The highest BCUT2D eigenvalue weighted by molar-refractivity contribution is 5.90. The molecule has 1 aromatic heterocycles. The number of hydrogen-bond acceptors (Lipinski definition) is 6. The highest BCUT2D eigenvalue weighted by Crippen LogP contribution is 2.27. The van der Waals surface area contributed by atoms with E-state index in [2.05, 4.69) is 52.4 Å². The van der Waals surface area contributed by atoms with Crippen LogP contribution in [0, 0.1) is 0 Å². The molecular formula is C22H28ClN5O. The Morgan fingerprint density at radius 3 is 2.38 bits per heavy atom. The molecule has 1 fully saturated rings. The van der Waals surface area contributed by atoms with Crippen LogP contribution in [0.5, 0.6) is 0 Å². The summed E-state index contributed by atoms with van der Waals surface area (Å²) in [6, 6.07) is 18.7. The number of aliphatic hydroxyl groups excluding tert-OH is 1. The zero-order chi connectivity index (χ0) is 19.3. The number of anilines is 2. The molecule has 3 aromatic rings. The first kappa shape index (κ1) is 21.3. The number of fused-ring (bicyclic) bond motifs is 1. The van der Waals surface area contributed by atoms with Gasteiger partial charge in [0.05, 0.1) is 12.1 Å². The first-order chi connectivity index (χ1) is 13.7. The van der Waals surface area contributed by atoms with Gasteiger partial charge in [-0.05, 0) is 24.6 Å². The second-order valence-corrected chi connectivity index (χ2v) is 7.22. The van der Waals surface area contributed by atoms with E-state index in [4.69, 9.17) is 15.1 Å². The van der Waals surface area contributed by atoms with Gasteiger partial charge in [-0.15, -0.1) is 12.4 Å². The van der Waals surface area contributed by atoms with Crippen molar-refractivity contribution in [3.05, 3.63) is 60.2 Å². The number of nitrogens with zero attached hydrogens (tertiary/aromatic N) is 4. The molecule has 4 rings (SSSR count). The number of aliphatic hydroxyl groups is 1. The summed E-state index contributed by atoms with van der Waals surface area (Å²) in [4.78, 5) is 14.2. The van der Waals surface area contributed by atoms with Gasteiger partial charge in [0.15, 0.2) is 0 Å². The van der Waals surface area contributed by atoms with Crippen molar-refractivity contribution in [1.82, 2.24) is 14.9 Å². The predicted octanol–water partition coefficient (Wildman–Crippen LogP) is 3.34. The van der Waals surface area contributed by atoms with Crippen molar-refractivity contribution in [2.45, 2.75) is 13.0 Å². The smallest absolute Gasteiger partial charge is 0.227 e. The molecule has 0 bridgehead atoms. The van der Waals surface area contributed by atoms with Crippen molar-refractivity contribution in [3.63, 3.8) is 0 Å². The Kier molecular flexibility index (Phi) is 7.25. The molecule has 2 N–H and O–H groups in total. The summed E-state index contributed by atoms with van der Waals surface area (Å²) < 4.78 is 0. The Hall–Kier alpha value is -2.41. The Morgan fingerprint density at radius 2 is 1.66 bits per heavy atom. The van der Waals surface area contributed by atoms with Gasteiger partial charge in [0.25, 0.3) is 0 Å². The van der Waals surface area contributed by atoms with Crippen molar-refractivity contribution in [2.24, 2.45) is 0 Å². The molecule has 0 radical (unpaired) electrons. The van der Waals surface area contributed by atoms with E-state index in [1.807, 2.05) is 24.3 Å². The van der Waals surface area contributed by atoms with Gasteiger partial charge in [-0.1, -0.05) is 42.5 Å². The van der Waals surface area contributed by atoms with Gasteiger partial charge < -0.3 is 15.3 Å². The fourth-order valence-corrected chi connectivity index (χ4v) is 3.66. The average Bonchev–Trinajstić information content (AvgIpc) is 2.75. The Morgan fingerprint density at radius 1 is 0.966 bits per heavy atom. The van der Waals surface area contributed by atoms with E-state index in [1.165, 1.54) is 5.56 Å². The van der Waals surface area contributed by atoms with Crippen LogP contribution < -0.4 is 10.2 Å². The molecular weight excluding hydrogens is 386 g/mol. The minimum atomic E-state index is 0. The van der Waals surface area contributed by atoms with E-state index in [9.17, 15) is 0 Å². The maximum atomic E-state index is 9.15. The molecule has 1 unspecified atom stereocenters. The summed E-state index contributed by atoms with van der Waals surface area (Å²) in [7, 11) is 0. The monoisotopic (exact) mass is 413 g/mol. The minimum Gasteiger partial charge on any atom is -0.395 e. The molecule has 2 aromatic carbocycles. The molecule has 1 saturated heterocycles. The van der Waals surface area contributed by atoms with Crippen LogP contribution in [-0.4, -0.2) is 59.3 Å². The average molecular weight is 414 g/mol. The number of β-amino-alcohol motifs (C(OH)–C–C–N with tert-alkyl or cyclic N) is 1. The predicted molar refractivity (Wildman–Crippen MR) is 121 cm³/mol. The topological polar surface area (TPSA) is 64.5 Å². The van der Waals surface area contributed by atoms with E-state index >= 15 is 0 Å². The van der Waals surface area contributed by atoms with E-state index in [0.29, 0.717) is 0 Å². The lowest BCUT2D eigenvalue weighted by atomic mass is 10.1. The van der Waals surface area contributed by atoms with Gasteiger partial charge in [-0.3, -0.25) is 4.90 Å². The van der Waals surface area contributed by atoms with Crippen molar-refractivity contribution >= 4 is 35.1 Å². The third-order valence-corrected chi connectivity index (χ3v) is 5.32. The van der Waals surface area contributed by atoms with Gasteiger partial charge in [-0.25, -0.2) is 4.98 Å². The summed E-state index contributed by atoms with van der Waals surface area (Å²) in [5.74, 6) is 1.64. The molecule has 1 atom stereocenters. The van der Waals surface area contributed by atoms with Gasteiger partial charge in [0.2, 0.25) is 5.95 Å². The number of nitrogens with one attached hydrogen (secondary N) is 1. The Bertz CT molecular complexity index is 915. The fourth-order valence-electron chi connectivity index (χ4n) is 3.66. The van der Waals surface area contributed by atoms with Crippen molar-refractivity contribution in [3.8, 4) is 0 Å². The van der Waals surface area contributed by atoms with Gasteiger partial charge in [-0.2, -0.15) is 4.98 Å². The number of benzene rings is 2. The number of piperazine rings is 1. The van der Waals surface area contributed by atoms with Crippen LogP contribution in [0.3, 0.4) is 0 Å². The molecule has 7 heteroatoms. The van der Waals surface area contributed by atoms with Crippen LogP contribution in [0.15, 0.2) is 54.6 Å². The van der Waals surface area contributed by atoms with Crippen LogP contribution in [0.2, 0.25) is 0 Å². The number of rotatable bonds is 6. The summed E-state index contributed by atoms with van der Waals surface area (Å²) in [5, 5.41) is 13.8. The SMILES string of the molecule is CC(Nc1nc(N2CCN(CCO)CC2)nc2ccccc12)c1ccccc1.Cl. The maximum Gasteiger partial charge on any atom is 0.227 e. The second kappa shape index (κ2) is 9.87. The molecule has 1 aliphatic heterocycles. The lowest BCUT2D eigenvalue weighted by molar-refractivity contribution is 0.188. The highest BCUT2D eigenvalue weighted by atomic mass is 35.5. The molecule has 0 saturated carbocycles. The van der Waals surface area contributed by atoms with Crippen LogP contribution >= 0.6 is 12.4 Å². The molecule has 0 aliphatic carbocycles. The summed E-state index contributed by atoms with van der Waals surface area (Å²) in [5.41, 5.74) is 2.18. The van der Waals surface area contributed by atoms with Crippen molar-refractivity contribution < 1.29 is 5.11 Å².